The smallest absolute Gasteiger partial charge is 0.358 e. The molecule has 0 aliphatic rings. The van der Waals surface area contributed by atoms with Crippen LogP contribution in [0.25, 0.3) is 0 Å². The van der Waals surface area contributed by atoms with Gasteiger partial charge in [0.15, 0.2) is 5.69 Å². The Labute approximate surface area is 78.7 Å². The van der Waals surface area contributed by atoms with Crippen LogP contribution >= 0.6 is 11.6 Å². The van der Waals surface area contributed by atoms with Gasteiger partial charge >= 0.3 is 5.97 Å². The topological polar surface area (TPSA) is 69.2 Å². The largest absolute Gasteiger partial charge is 0.464 e. The van der Waals surface area contributed by atoms with Crippen LogP contribution in [-0.4, -0.2) is 28.3 Å². The fraction of sp³-hybridized carbons (Fsp3) is 0.143. The minimum Gasteiger partial charge on any atom is -0.464 e. The Balaban J connectivity index is 2.93. The van der Waals surface area contributed by atoms with E-state index in [0.717, 1.165) is 12.4 Å². The van der Waals surface area contributed by atoms with Crippen LogP contribution in [0.5, 0.6) is 0 Å². The summed E-state index contributed by atoms with van der Waals surface area (Å²) in [7, 11) is 1.23. The molecule has 0 N–H and O–H groups in total. The van der Waals surface area contributed by atoms with E-state index in [9.17, 15) is 9.59 Å². The average molecular weight is 201 g/mol. The minimum atomic E-state index is -0.719. The second kappa shape index (κ2) is 3.95. The Morgan fingerprint density at radius 3 is 2.23 bits per heavy atom. The molecule has 1 rings (SSSR count). The number of methoxy groups -OCH3 is 1. The predicted octanol–water partition coefficient (Wildman–Crippen LogP) is 0.642. The van der Waals surface area contributed by atoms with Crippen molar-refractivity contribution < 1.29 is 14.3 Å². The van der Waals surface area contributed by atoms with E-state index in [1.807, 2.05) is 0 Å². The summed E-state index contributed by atoms with van der Waals surface area (Å²) in [6, 6.07) is 0. The molecule has 0 aromatic carbocycles. The summed E-state index contributed by atoms with van der Waals surface area (Å²) in [5, 5.41) is -0.719. The molecule has 0 spiro atoms. The first-order valence-corrected chi connectivity index (χ1v) is 3.63. The van der Waals surface area contributed by atoms with E-state index in [1.165, 1.54) is 7.11 Å². The lowest BCUT2D eigenvalue weighted by molar-refractivity contribution is 0.0593. The Kier molecular flexibility index (Phi) is 2.92. The van der Waals surface area contributed by atoms with Crippen molar-refractivity contribution in [3.63, 3.8) is 0 Å². The van der Waals surface area contributed by atoms with E-state index >= 15 is 0 Å². The molecule has 0 atom stereocenters. The summed E-state index contributed by atoms with van der Waals surface area (Å²) in [5.74, 6) is -0.610. The van der Waals surface area contributed by atoms with Crippen molar-refractivity contribution in [3.8, 4) is 0 Å². The number of aromatic nitrogens is 2. The number of nitrogens with zero attached hydrogens (tertiary/aromatic N) is 2. The maximum atomic E-state index is 10.9. The Hall–Kier alpha value is -1.49. The zero-order valence-corrected chi connectivity index (χ0v) is 7.41. The number of halogens is 1. The van der Waals surface area contributed by atoms with Gasteiger partial charge in [-0.3, -0.25) is 4.79 Å². The molecular weight excluding hydrogens is 196 g/mol. The summed E-state index contributed by atoms with van der Waals surface area (Å²) < 4.78 is 4.38. The third-order valence-electron chi connectivity index (χ3n) is 1.25. The molecule has 0 saturated carbocycles. The quantitative estimate of drug-likeness (QED) is 0.518. The van der Waals surface area contributed by atoms with E-state index in [0.29, 0.717) is 0 Å². The molecule has 68 valence electrons. The molecule has 0 saturated heterocycles. The Morgan fingerprint density at radius 2 is 1.85 bits per heavy atom. The number of esters is 1. The van der Waals surface area contributed by atoms with E-state index in [-0.39, 0.29) is 11.4 Å². The zero-order chi connectivity index (χ0) is 9.84. The molecule has 1 aromatic heterocycles. The van der Waals surface area contributed by atoms with E-state index in [2.05, 4.69) is 14.7 Å². The highest BCUT2D eigenvalue weighted by Crippen LogP contribution is 2.00. The van der Waals surface area contributed by atoms with Gasteiger partial charge in [-0.15, -0.1) is 0 Å². The number of carbonyl (C=O) groups excluding carboxylic acids is 2. The summed E-state index contributed by atoms with van der Waals surface area (Å²) in [5.41, 5.74) is 0.0264. The lowest BCUT2D eigenvalue weighted by atomic mass is 10.4. The van der Waals surface area contributed by atoms with Crippen LogP contribution in [0.4, 0.5) is 0 Å². The average Bonchev–Trinajstić information content (AvgIpc) is 2.17. The highest BCUT2D eigenvalue weighted by atomic mass is 35.5. The number of ether oxygens (including phenoxy) is 1. The van der Waals surface area contributed by atoms with Gasteiger partial charge in [-0.05, 0) is 11.6 Å². The summed E-state index contributed by atoms with van der Waals surface area (Å²) in [6.07, 6.45) is 2.24. The van der Waals surface area contributed by atoms with Crippen molar-refractivity contribution >= 4 is 22.8 Å². The SMILES string of the molecule is COC(=O)c1cnc(C(=O)Cl)cn1. The second-order valence-electron chi connectivity index (χ2n) is 2.05. The van der Waals surface area contributed by atoms with Crippen molar-refractivity contribution in [3.05, 3.63) is 23.8 Å². The maximum Gasteiger partial charge on any atom is 0.358 e. The van der Waals surface area contributed by atoms with Crippen molar-refractivity contribution in [1.29, 1.82) is 0 Å². The van der Waals surface area contributed by atoms with E-state index < -0.39 is 11.2 Å². The van der Waals surface area contributed by atoms with Gasteiger partial charge in [0.05, 0.1) is 19.5 Å². The third kappa shape index (κ3) is 2.22. The zero-order valence-electron chi connectivity index (χ0n) is 6.65. The lowest BCUT2D eigenvalue weighted by Crippen LogP contribution is -2.06. The van der Waals surface area contributed by atoms with Crippen molar-refractivity contribution in [2.24, 2.45) is 0 Å². The van der Waals surface area contributed by atoms with Crippen LogP contribution in [0.1, 0.15) is 21.0 Å². The highest BCUT2D eigenvalue weighted by molar-refractivity contribution is 6.67. The van der Waals surface area contributed by atoms with Gasteiger partial charge in [0.1, 0.15) is 5.69 Å². The summed E-state index contributed by atoms with van der Waals surface area (Å²) in [4.78, 5) is 28.6. The summed E-state index contributed by atoms with van der Waals surface area (Å²) >= 11 is 5.11. The first kappa shape index (κ1) is 9.60. The molecule has 0 aliphatic heterocycles. The molecule has 0 radical (unpaired) electrons. The number of hydrogen-bond donors (Lipinski definition) is 0. The van der Waals surface area contributed by atoms with Gasteiger partial charge < -0.3 is 4.74 Å². The standard InChI is InChI=1S/C7H5ClN2O3/c1-13-7(12)5-3-9-4(2-10-5)6(8)11/h2-3H,1H3. The van der Waals surface area contributed by atoms with Gasteiger partial charge in [0, 0.05) is 0 Å². The maximum absolute atomic E-state index is 10.9. The van der Waals surface area contributed by atoms with Crippen molar-refractivity contribution in [2.45, 2.75) is 0 Å². The molecule has 0 unspecified atom stereocenters. The van der Waals surface area contributed by atoms with E-state index in [1.54, 1.807) is 0 Å². The number of hydrogen-bond acceptors (Lipinski definition) is 5. The van der Waals surface area contributed by atoms with Crippen LogP contribution < -0.4 is 0 Å². The van der Waals surface area contributed by atoms with Crippen LogP contribution in [0.15, 0.2) is 12.4 Å². The molecule has 0 amide bonds. The van der Waals surface area contributed by atoms with Crippen LogP contribution in [0.2, 0.25) is 0 Å². The van der Waals surface area contributed by atoms with Crippen LogP contribution in [0.3, 0.4) is 0 Å². The normalized spacial score (nSPS) is 9.38. The fourth-order valence-corrected chi connectivity index (χ4v) is 0.737. The molecule has 1 heterocycles. The molecule has 1 aromatic rings. The highest BCUT2D eigenvalue weighted by Gasteiger charge is 2.09. The minimum absolute atomic E-state index is 0.00526. The van der Waals surface area contributed by atoms with Crippen LogP contribution in [-0.2, 0) is 4.74 Å². The number of carbonyl (C=O) groups is 2. The van der Waals surface area contributed by atoms with Crippen LogP contribution in [0, 0.1) is 0 Å². The predicted molar refractivity (Wildman–Crippen MR) is 43.6 cm³/mol. The molecule has 0 fully saturated rings. The second-order valence-corrected chi connectivity index (χ2v) is 2.40. The van der Waals surface area contributed by atoms with Gasteiger partial charge in [-0.1, -0.05) is 0 Å². The Morgan fingerprint density at radius 1 is 1.31 bits per heavy atom. The molecular formula is C7H5ClN2O3. The summed E-state index contributed by atoms with van der Waals surface area (Å²) in [6.45, 7) is 0. The molecule has 0 bridgehead atoms. The van der Waals surface area contributed by atoms with Gasteiger partial charge in [0.25, 0.3) is 5.24 Å². The molecule has 0 aliphatic carbocycles. The molecule has 6 heteroatoms. The molecule has 13 heavy (non-hydrogen) atoms. The fourth-order valence-electron chi connectivity index (χ4n) is 0.640. The first-order chi connectivity index (χ1) is 6.15. The van der Waals surface area contributed by atoms with Gasteiger partial charge in [-0.25, -0.2) is 14.8 Å². The van der Waals surface area contributed by atoms with Gasteiger partial charge in [-0.2, -0.15) is 0 Å². The third-order valence-corrected chi connectivity index (χ3v) is 1.44. The number of rotatable bonds is 2. The monoisotopic (exact) mass is 200 g/mol. The van der Waals surface area contributed by atoms with Crippen molar-refractivity contribution in [1.82, 2.24) is 9.97 Å². The van der Waals surface area contributed by atoms with Gasteiger partial charge in [0.2, 0.25) is 0 Å². The first-order valence-electron chi connectivity index (χ1n) is 3.25. The Bertz CT molecular complexity index is 336. The van der Waals surface area contributed by atoms with E-state index in [4.69, 9.17) is 11.6 Å². The lowest BCUT2D eigenvalue weighted by Gasteiger charge is -1.96. The molecule has 5 nitrogen and oxygen atoms in total. The van der Waals surface area contributed by atoms with Crippen molar-refractivity contribution in [2.75, 3.05) is 7.11 Å².